The van der Waals surface area contributed by atoms with E-state index < -0.39 is 5.60 Å². The van der Waals surface area contributed by atoms with Gasteiger partial charge in [-0.15, -0.1) is 0 Å². The van der Waals surface area contributed by atoms with Crippen LogP contribution in [-0.2, 0) is 6.54 Å². The van der Waals surface area contributed by atoms with Crippen LogP contribution in [0.15, 0.2) is 78.5 Å². The lowest BCUT2D eigenvalue weighted by Crippen LogP contribution is -2.41. The van der Waals surface area contributed by atoms with Crippen LogP contribution >= 0.6 is 11.6 Å². The second kappa shape index (κ2) is 10.7. The van der Waals surface area contributed by atoms with Crippen LogP contribution in [0.2, 0.25) is 5.02 Å². The van der Waals surface area contributed by atoms with Crippen molar-refractivity contribution < 1.29 is 9.90 Å². The summed E-state index contributed by atoms with van der Waals surface area (Å²) in [6, 6.07) is 15.7. The first kappa shape index (κ1) is 24.5. The zero-order valence-corrected chi connectivity index (χ0v) is 20.7. The highest BCUT2D eigenvalue weighted by Crippen LogP contribution is 2.28. The first-order chi connectivity index (χ1) is 16.3. The fourth-order valence-corrected chi connectivity index (χ4v) is 4.73. The van der Waals surface area contributed by atoms with Crippen LogP contribution in [0.4, 0.5) is 0 Å². The van der Waals surface area contributed by atoms with Crippen LogP contribution in [0.3, 0.4) is 0 Å². The summed E-state index contributed by atoms with van der Waals surface area (Å²) in [5.41, 5.74) is 4.31. The van der Waals surface area contributed by atoms with E-state index in [0.29, 0.717) is 11.5 Å². The van der Waals surface area contributed by atoms with Gasteiger partial charge in [-0.2, -0.15) is 0 Å². The van der Waals surface area contributed by atoms with Gasteiger partial charge in [-0.1, -0.05) is 48.0 Å². The molecule has 0 atom stereocenters. The van der Waals surface area contributed by atoms with Gasteiger partial charge in [-0.25, -0.2) is 0 Å². The maximum atomic E-state index is 12.8. The largest absolute Gasteiger partial charge is 0.390 e. The molecular weight excluding hydrogens is 444 g/mol. The van der Waals surface area contributed by atoms with E-state index in [2.05, 4.69) is 16.3 Å². The summed E-state index contributed by atoms with van der Waals surface area (Å²) in [7, 11) is 0. The standard InChI is InChI=1S/C29H33ClN2O2/c1-29(2,34)25-16-18-32(19-17-25)20-21-6-8-24(9-7-21)28(33)31-27-5-3-4-22(12-15-27)23-10-13-26(30)14-11-23/h3,5-15,25,34H,4,16-20H2,1-2H3,(H,31,33). The van der Waals surface area contributed by atoms with Gasteiger partial charge in [0.15, 0.2) is 0 Å². The molecule has 178 valence electrons. The van der Waals surface area contributed by atoms with E-state index in [-0.39, 0.29) is 5.91 Å². The smallest absolute Gasteiger partial charge is 0.255 e. The third-order valence-electron chi connectivity index (χ3n) is 6.78. The molecule has 0 saturated carbocycles. The summed E-state index contributed by atoms with van der Waals surface area (Å²) < 4.78 is 0. The van der Waals surface area contributed by atoms with E-state index in [1.807, 2.05) is 80.6 Å². The molecule has 0 aromatic heterocycles. The van der Waals surface area contributed by atoms with Crippen LogP contribution in [0, 0.1) is 5.92 Å². The SMILES string of the molecule is CC(C)(O)C1CCN(Cc2ccc(C(=O)NC3=CC=C(c4ccc(Cl)cc4)CC=C3)cc2)CC1. The van der Waals surface area contributed by atoms with Crippen molar-refractivity contribution in [1.82, 2.24) is 10.2 Å². The molecule has 1 aliphatic heterocycles. The molecule has 1 aliphatic carbocycles. The number of likely N-dealkylation sites (tertiary alicyclic amines) is 1. The van der Waals surface area contributed by atoms with Crippen molar-refractivity contribution in [1.29, 1.82) is 0 Å². The van der Waals surface area contributed by atoms with Crippen molar-refractivity contribution in [2.75, 3.05) is 13.1 Å². The molecule has 2 N–H and O–H groups in total. The molecule has 0 radical (unpaired) electrons. The van der Waals surface area contributed by atoms with Crippen molar-refractivity contribution in [3.8, 4) is 0 Å². The van der Waals surface area contributed by atoms with Crippen molar-refractivity contribution >= 4 is 23.1 Å². The number of carbonyl (C=O) groups excluding carboxylic acids is 1. The molecule has 1 saturated heterocycles. The zero-order valence-electron chi connectivity index (χ0n) is 19.9. The molecule has 5 heteroatoms. The lowest BCUT2D eigenvalue weighted by atomic mass is 9.83. The van der Waals surface area contributed by atoms with Gasteiger partial charge in [-0.05, 0) is 105 Å². The van der Waals surface area contributed by atoms with Crippen molar-refractivity contribution in [2.24, 2.45) is 5.92 Å². The lowest BCUT2D eigenvalue weighted by molar-refractivity contribution is -0.0136. The summed E-state index contributed by atoms with van der Waals surface area (Å²) in [6.45, 7) is 6.66. The Morgan fingerprint density at radius 3 is 2.38 bits per heavy atom. The van der Waals surface area contributed by atoms with Gasteiger partial charge >= 0.3 is 0 Å². The summed E-state index contributed by atoms with van der Waals surface area (Å²) in [5.74, 6) is 0.246. The number of aliphatic hydroxyl groups is 1. The number of allylic oxidation sites excluding steroid dienone is 5. The number of amides is 1. The number of benzene rings is 2. The monoisotopic (exact) mass is 476 g/mol. The number of nitrogens with one attached hydrogen (secondary N) is 1. The van der Waals surface area contributed by atoms with Crippen LogP contribution in [0.25, 0.3) is 5.57 Å². The van der Waals surface area contributed by atoms with Gasteiger partial charge < -0.3 is 10.4 Å². The lowest BCUT2D eigenvalue weighted by Gasteiger charge is -2.37. The summed E-state index contributed by atoms with van der Waals surface area (Å²) in [5, 5.41) is 14.0. The topological polar surface area (TPSA) is 52.6 Å². The molecule has 0 spiro atoms. The number of rotatable bonds is 6. The van der Waals surface area contributed by atoms with Gasteiger partial charge in [0, 0.05) is 22.8 Å². The van der Waals surface area contributed by atoms with Gasteiger partial charge in [-0.3, -0.25) is 9.69 Å². The van der Waals surface area contributed by atoms with E-state index in [4.69, 9.17) is 11.6 Å². The van der Waals surface area contributed by atoms with Crippen molar-refractivity contribution in [2.45, 2.75) is 45.3 Å². The van der Waals surface area contributed by atoms with Crippen molar-refractivity contribution in [3.63, 3.8) is 0 Å². The average molecular weight is 477 g/mol. The predicted octanol–water partition coefficient (Wildman–Crippen LogP) is 5.98. The molecule has 2 aromatic carbocycles. The molecule has 2 aliphatic rings. The van der Waals surface area contributed by atoms with Crippen LogP contribution in [-0.4, -0.2) is 34.6 Å². The van der Waals surface area contributed by atoms with Crippen molar-refractivity contribution in [3.05, 3.63) is 100 Å². The Morgan fingerprint density at radius 1 is 1.06 bits per heavy atom. The highest BCUT2D eigenvalue weighted by Gasteiger charge is 2.30. The van der Waals surface area contributed by atoms with Gasteiger partial charge in [0.25, 0.3) is 5.91 Å². The molecule has 4 nitrogen and oxygen atoms in total. The maximum Gasteiger partial charge on any atom is 0.255 e. The third-order valence-corrected chi connectivity index (χ3v) is 7.03. The highest BCUT2D eigenvalue weighted by atomic mass is 35.5. The van der Waals surface area contributed by atoms with Gasteiger partial charge in [0.1, 0.15) is 0 Å². The van der Waals surface area contributed by atoms with E-state index in [1.54, 1.807) is 0 Å². The Kier molecular flexibility index (Phi) is 7.72. The maximum absolute atomic E-state index is 12.8. The fourth-order valence-electron chi connectivity index (χ4n) is 4.61. The Balaban J connectivity index is 1.33. The second-order valence-corrected chi connectivity index (χ2v) is 10.2. The quantitative estimate of drug-likeness (QED) is 0.539. The normalized spacial score (nSPS) is 17.6. The molecule has 0 bridgehead atoms. The van der Waals surface area contributed by atoms with Gasteiger partial charge in [0.05, 0.1) is 5.60 Å². The number of nitrogens with zero attached hydrogens (tertiary/aromatic N) is 1. The average Bonchev–Trinajstić information content (AvgIpc) is 3.05. The highest BCUT2D eigenvalue weighted by molar-refractivity contribution is 6.30. The summed E-state index contributed by atoms with van der Waals surface area (Å²) >= 11 is 6.00. The number of halogens is 1. The zero-order chi connectivity index (χ0) is 24.1. The van der Waals surface area contributed by atoms with Crippen LogP contribution in [0.1, 0.15) is 54.6 Å². The second-order valence-electron chi connectivity index (χ2n) is 9.78. The summed E-state index contributed by atoms with van der Waals surface area (Å²) in [4.78, 5) is 15.2. The minimum absolute atomic E-state index is 0.114. The van der Waals surface area contributed by atoms with Gasteiger partial charge in [0.2, 0.25) is 0 Å². The van der Waals surface area contributed by atoms with Crippen LogP contribution in [0.5, 0.6) is 0 Å². The molecule has 2 aromatic rings. The third kappa shape index (κ3) is 6.47. The molecule has 0 unspecified atom stereocenters. The predicted molar refractivity (Wildman–Crippen MR) is 139 cm³/mol. The number of hydrogen-bond acceptors (Lipinski definition) is 3. The van der Waals surface area contributed by atoms with E-state index >= 15 is 0 Å². The molecule has 1 heterocycles. The molecule has 1 fully saturated rings. The Morgan fingerprint density at radius 2 is 1.74 bits per heavy atom. The summed E-state index contributed by atoms with van der Waals surface area (Å²) in [6.07, 6.45) is 10.8. The number of hydrogen-bond donors (Lipinski definition) is 2. The Bertz CT molecular complexity index is 1080. The minimum atomic E-state index is -0.601. The molecule has 34 heavy (non-hydrogen) atoms. The first-order valence-corrected chi connectivity index (χ1v) is 12.3. The van der Waals surface area contributed by atoms with E-state index in [1.165, 1.54) is 11.1 Å². The van der Waals surface area contributed by atoms with Crippen LogP contribution < -0.4 is 5.32 Å². The molecule has 1 amide bonds. The first-order valence-electron chi connectivity index (χ1n) is 12.0. The molecule has 4 rings (SSSR count). The number of piperidine rings is 1. The Hall–Kier alpha value is -2.66. The Labute approximate surface area is 207 Å². The number of carbonyl (C=O) groups is 1. The minimum Gasteiger partial charge on any atom is -0.390 e. The molecular formula is C29H33ClN2O2. The van der Waals surface area contributed by atoms with E-state index in [9.17, 15) is 9.90 Å². The fraction of sp³-hybridized carbons (Fsp3) is 0.345. The van der Waals surface area contributed by atoms with E-state index in [0.717, 1.165) is 55.2 Å².